The van der Waals surface area contributed by atoms with E-state index in [2.05, 4.69) is 9.98 Å². The van der Waals surface area contributed by atoms with Crippen LogP contribution in [0.4, 0.5) is 5.82 Å². The summed E-state index contributed by atoms with van der Waals surface area (Å²) in [4.78, 5) is 8.24. The molecule has 0 aliphatic rings. The van der Waals surface area contributed by atoms with E-state index in [-0.39, 0.29) is 22.7 Å². The zero-order valence-electron chi connectivity index (χ0n) is 16.1. The number of nitrogens with zero attached hydrogens (tertiary/aromatic N) is 3. The van der Waals surface area contributed by atoms with Crippen LogP contribution in [0.3, 0.4) is 0 Å². The van der Waals surface area contributed by atoms with Crippen LogP contribution in [-0.2, 0) is 10.0 Å². The molecule has 0 radical (unpaired) electrons. The van der Waals surface area contributed by atoms with E-state index in [1.165, 1.54) is 22.6 Å². The number of aliphatic imine (C=N–C) groups is 1. The second kappa shape index (κ2) is 8.36. The summed E-state index contributed by atoms with van der Waals surface area (Å²) >= 11 is 6.22. The first kappa shape index (κ1) is 21.0. The highest BCUT2D eigenvalue weighted by Gasteiger charge is 2.29. The first-order valence-corrected chi connectivity index (χ1v) is 10.8. The number of nitrogens with two attached hydrogens (primary N) is 2. The molecule has 0 spiro atoms. The molecule has 0 unspecified atom stereocenters. The van der Waals surface area contributed by atoms with Crippen LogP contribution >= 0.6 is 11.6 Å². The molecule has 0 fully saturated rings. The quantitative estimate of drug-likeness (QED) is 0.457. The van der Waals surface area contributed by atoms with Gasteiger partial charge in [0.25, 0.3) is 0 Å². The van der Waals surface area contributed by atoms with Gasteiger partial charge in [-0.1, -0.05) is 54.9 Å². The summed E-state index contributed by atoms with van der Waals surface area (Å²) in [5.41, 5.74) is 11.9. The molecular weight excluding hydrogens is 410 g/mol. The number of benzene rings is 2. The van der Waals surface area contributed by atoms with Gasteiger partial charge in [0.1, 0.15) is 0 Å². The Labute approximate surface area is 175 Å². The summed E-state index contributed by atoms with van der Waals surface area (Å²) in [6, 6.07) is 13.8. The maximum Gasteiger partial charge on any atom is 0.243 e. The Kier molecular flexibility index (Phi) is 6.07. The Hall–Kier alpha value is -2.68. The van der Waals surface area contributed by atoms with Crippen molar-refractivity contribution in [3.8, 4) is 0 Å². The van der Waals surface area contributed by atoms with Gasteiger partial charge in [-0.05, 0) is 24.6 Å². The molecular formula is C20H22ClN5O2S. The number of guanidine groups is 1. The van der Waals surface area contributed by atoms with Crippen LogP contribution in [0.2, 0.25) is 5.02 Å². The lowest BCUT2D eigenvalue weighted by Crippen LogP contribution is -2.33. The van der Waals surface area contributed by atoms with Gasteiger partial charge in [0, 0.05) is 29.6 Å². The number of rotatable bonds is 6. The molecule has 0 bridgehead atoms. The van der Waals surface area contributed by atoms with Crippen LogP contribution < -0.4 is 11.5 Å². The van der Waals surface area contributed by atoms with E-state index in [0.717, 1.165) is 5.56 Å². The summed E-state index contributed by atoms with van der Waals surface area (Å²) in [6.07, 6.45) is 1.43. The monoisotopic (exact) mass is 431 g/mol. The molecule has 9 heteroatoms. The van der Waals surface area contributed by atoms with Crippen molar-refractivity contribution in [1.29, 1.82) is 0 Å². The summed E-state index contributed by atoms with van der Waals surface area (Å²) in [7, 11) is -3.80. The zero-order chi connectivity index (χ0) is 21.2. The number of fused-ring (bicyclic) bond motifs is 1. The van der Waals surface area contributed by atoms with Crippen molar-refractivity contribution in [2.45, 2.75) is 24.8 Å². The van der Waals surface area contributed by atoms with E-state index in [1.54, 1.807) is 13.0 Å². The third-order valence-electron chi connectivity index (χ3n) is 4.66. The lowest BCUT2D eigenvalue weighted by atomic mass is 10.1. The van der Waals surface area contributed by atoms with Crippen molar-refractivity contribution in [3.05, 3.63) is 65.3 Å². The second-order valence-electron chi connectivity index (χ2n) is 6.47. The van der Waals surface area contributed by atoms with E-state index in [1.807, 2.05) is 37.3 Å². The minimum absolute atomic E-state index is 0.116. The second-order valence-corrected chi connectivity index (χ2v) is 8.77. The molecule has 7 nitrogen and oxygen atoms in total. The molecule has 1 atom stereocenters. The van der Waals surface area contributed by atoms with Gasteiger partial charge in [-0.15, -0.1) is 0 Å². The largest absolute Gasteiger partial charge is 0.370 e. The Morgan fingerprint density at radius 1 is 1.17 bits per heavy atom. The smallest absolute Gasteiger partial charge is 0.243 e. The van der Waals surface area contributed by atoms with Crippen molar-refractivity contribution in [2.24, 2.45) is 16.5 Å². The van der Waals surface area contributed by atoms with Crippen LogP contribution in [0, 0.1) is 0 Å². The number of sulfonamides is 1. The lowest BCUT2D eigenvalue weighted by molar-refractivity contribution is 0.357. The van der Waals surface area contributed by atoms with Crippen LogP contribution in [-0.4, -0.2) is 30.2 Å². The van der Waals surface area contributed by atoms with E-state index in [4.69, 9.17) is 23.1 Å². The SMILES string of the molecule is CCN([C@@H](C)c1ccccc1)S(=O)(=O)c1ccc2c(Cl)cnc(N=C(N)N)c2c1. The first-order chi connectivity index (χ1) is 13.8. The fourth-order valence-corrected chi connectivity index (χ4v) is 5.10. The molecule has 3 rings (SSSR count). The average molecular weight is 432 g/mol. The summed E-state index contributed by atoms with van der Waals surface area (Å²) in [6.45, 7) is 3.98. The van der Waals surface area contributed by atoms with Crippen molar-refractivity contribution in [1.82, 2.24) is 9.29 Å². The van der Waals surface area contributed by atoms with Gasteiger partial charge in [-0.3, -0.25) is 0 Å². The molecule has 1 aromatic heterocycles. The fourth-order valence-electron chi connectivity index (χ4n) is 3.23. The summed E-state index contributed by atoms with van der Waals surface area (Å²) in [5, 5.41) is 1.44. The highest BCUT2D eigenvalue weighted by Crippen LogP contribution is 2.34. The van der Waals surface area contributed by atoms with E-state index in [9.17, 15) is 8.42 Å². The maximum absolute atomic E-state index is 13.4. The van der Waals surface area contributed by atoms with Gasteiger partial charge in [-0.25, -0.2) is 13.4 Å². The van der Waals surface area contributed by atoms with E-state index >= 15 is 0 Å². The van der Waals surface area contributed by atoms with Gasteiger partial charge < -0.3 is 11.5 Å². The maximum atomic E-state index is 13.4. The van der Waals surface area contributed by atoms with E-state index in [0.29, 0.717) is 22.3 Å². The molecule has 152 valence electrons. The molecule has 29 heavy (non-hydrogen) atoms. The number of hydrogen-bond donors (Lipinski definition) is 2. The number of pyridine rings is 1. The summed E-state index contributed by atoms with van der Waals surface area (Å²) in [5.74, 6) is 0.0304. The van der Waals surface area contributed by atoms with Gasteiger partial charge in [0.2, 0.25) is 10.0 Å². The van der Waals surface area contributed by atoms with Crippen LogP contribution in [0.25, 0.3) is 10.8 Å². The van der Waals surface area contributed by atoms with Crippen molar-refractivity contribution in [3.63, 3.8) is 0 Å². The van der Waals surface area contributed by atoms with Gasteiger partial charge in [0.05, 0.1) is 9.92 Å². The minimum atomic E-state index is -3.80. The topological polar surface area (TPSA) is 115 Å². The predicted octanol–water partition coefficient (Wildman–Crippen LogP) is 3.56. The highest BCUT2D eigenvalue weighted by atomic mass is 35.5. The Morgan fingerprint density at radius 3 is 2.48 bits per heavy atom. The molecule has 2 aromatic carbocycles. The van der Waals surface area contributed by atoms with Gasteiger partial charge in [0.15, 0.2) is 11.8 Å². The van der Waals surface area contributed by atoms with Gasteiger partial charge in [-0.2, -0.15) is 9.30 Å². The zero-order valence-corrected chi connectivity index (χ0v) is 17.7. The fraction of sp³-hybridized carbons (Fsp3) is 0.200. The molecule has 0 aliphatic carbocycles. The van der Waals surface area contributed by atoms with Gasteiger partial charge >= 0.3 is 0 Å². The number of aromatic nitrogens is 1. The van der Waals surface area contributed by atoms with Crippen LogP contribution in [0.5, 0.6) is 0 Å². The first-order valence-electron chi connectivity index (χ1n) is 9.00. The van der Waals surface area contributed by atoms with Crippen molar-refractivity contribution in [2.75, 3.05) is 6.54 Å². The Bertz CT molecular complexity index is 1160. The average Bonchev–Trinajstić information content (AvgIpc) is 2.70. The molecule has 0 saturated carbocycles. The molecule has 1 heterocycles. The summed E-state index contributed by atoms with van der Waals surface area (Å²) < 4.78 is 28.3. The Balaban J connectivity index is 2.14. The number of hydrogen-bond acceptors (Lipinski definition) is 4. The normalized spacial score (nSPS) is 12.8. The van der Waals surface area contributed by atoms with Crippen molar-refractivity contribution >= 4 is 44.2 Å². The van der Waals surface area contributed by atoms with Crippen LogP contribution in [0.15, 0.2) is 64.6 Å². The molecule has 0 saturated heterocycles. The molecule has 4 N–H and O–H groups in total. The molecule has 0 aliphatic heterocycles. The van der Waals surface area contributed by atoms with Crippen LogP contribution in [0.1, 0.15) is 25.5 Å². The number of halogens is 1. The Morgan fingerprint density at radius 2 is 1.86 bits per heavy atom. The van der Waals surface area contributed by atoms with Crippen molar-refractivity contribution < 1.29 is 8.42 Å². The third kappa shape index (κ3) is 4.19. The third-order valence-corrected chi connectivity index (χ3v) is 7.00. The standard InChI is InChI=1S/C20H22ClN5O2S/c1-3-26(13(2)14-7-5-4-6-8-14)29(27,28)15-9-10-16-17(11-15)19(25-20(22)23)24-12-18(16)21/h4-13H,3H2,1-2H3,(H4,22,23,24,25)/t13-/m0/s1. The molecule has 0 amide bonds. The predicted molar refractivity (Wildman–Crippen MR) is 117 cm³/mol. The van der Waals surface area contributed by atoms with E-state index < -0.39 is 10.0 Å². The molecule has 3 aromatic rings. The minimum Gasteiger partial charge on any atom is -0.370 e. The lowest BCUT2D eigenvalue weighted by Gasteiger charge is -2.27. The highest BCUT2D eigenvalue weighted by molar-refractivity contribution is 7.89.